The van der Waals surface area contributed by atoms with Crippen LogP contribution in [0.2, 0.25) is 0 Å². The fourth-order valence-corrected chi connectivity index (χ4v) is 9.45. The maximum Gasteiger partial charge on any atom is 0.263 e. The summed E-state index contributed by atoms with van der Waals surface area (Å²) in [6.07, 6.45) is 22.9. The van der Waals surface area contributed by atoms with Crippen molar-refractivity contribution in [2.45, 2.75) is 63.8 Å². The van der Waals surface area contributed by atoms with Gasteiger partial charge in [0.1, 0.15) is 4.70 Å². The standard InChI is InChI=1S/C41H41N2OS2/c1-41(2)26-28(21-29(27-41)22-38-43-20-10-16-33-23-34(45-3)25-37(46-38)39(33)43)11-7-8-14-31-15-9-19-42-35-24-32(30-12-5-4-6-13-30)17-18-36(35)44-40(31)42/h4-8,11-14,17-18,21-25H,9-10,15-16,19-20,26-27H2,1-3H3/q+1. The van der Waals surface area contributed by atoms with E-state index < -0.39 is 0 Å². The quantitative estimate of drug-likeness (QED) is 0.118. The van der Waals surface area contributed by atoms with Crippen LogP contribution in [0.4, 0.5) is 5.69 Å². The molecule has 46 heavy (non-hydrogen) atoms. The molecule has 0 spiro atoms. The van der Waals surface area contributed by atoms with Crippen molar-refractivity contribution in [1.82, 2.24) is 0 Å². The highest BCUT2D eigenvalue weighted by Gasteiger charge is 2.32. The van der Waals surface area contributed by atoms with E-state index in [2.05, 4.69) is 127 Å². The number of nitrogens with zero attached hydrogens (tertiary/aromatic N) is 2. The van der Waals surface area contributed by atoms with Crippen LogP contribution < -0.4 is 14.2 Å². The summed E-state index contributed by atoms with van der Waals surface area (Å²) in [6.45, 7) is 6.92. The summed E-state index contributed by atoms with van der Waals surface area (Å²) >= 11 is 3.82. The zero-order chi connectivity index (χ0) is 31.3. The highest BCUT2D eigenvalue weighted by atomic mass is 32.2. The summed E-state index contributed by atoms with van der Waals surface area (Å²) in [5.41, 5.74) is 11.0. The first-order valence-electron chi connectivity index (χ1n) is 16.6. The van der Waals surface area contributed by atoms with Crippen molar-refractivity contribution in [2.24, 2.45) is 5.41 Å². The minimum Gasteiger partial charge on any atom is -0.438 e. The van der Waals surface area contributed by atoms with E-state index >= 15 is 0 Å². The number of allylic oxidation sites excluding steroid dienone is 8. The second-order valence-electron chi connectivity index (χ2n) is 13.7. The van der Waals surface area contributed by atoms with Crippen LogP contribution in [0.5, 0.6) is 5.75 Å². The molecule has 5 heteroatoms. The van der Waals surface area contributed by atoms with Crippen molar-refractivity contribution in [3.05, 3.63) is 124 Å². The molecule has 1 aliphatic carbocycles. The molecule has 3 aliphatic heterocycles. The molecule has 0 saturated carbocycles. The van der Waals surface area contributed by atoms with Crippen LogP contribution in [-0.2, 0) is 13.0 Å². The number of anilines is 1. The third-order valence-corrected chi connectivity index (χ3v) is 11.4. The summed E-state index contributed by atoms with van der Waals surface area (Å²) in [5, 5.41) is 1.39. The number of ether oxygens (including phenoxy) is 1. The van der Waals surface area contributed by atoms with E-state index in [1.807, 2.05) is 23.1 Å². The predicted molar refractivity (Wildman–Crippen MR) is 196 cm³/mol. The van der Waals surface area contributed by atoms with Crippen LogP contribution in [0.15, 0.2) is 119 Å². The first kappa shape index (κ1) is 29.6. The summed E-state index contributed by atoms with van der Waals surface area (Å²) in [7, 11) is 0. The number of rotatable bonds is 6. The third-order valence-electron chi connectivity index (χ3n) is 9.62. The smallest absolute Gasteiger partial charge is 0.263 e. The molecule has 0 N–H and O–H groups in total. The van der Waals surface area contributed by atoms with E-state index in [0.717, 1.165) is 50.4 Å². The molecule has 3 aromatic carbocycles. The fraction of sp³-hybridized carbons (Fsp3) is 0.293. The number of fused-ring (bicyclic) bond motifs is 3. The van der Waals surface area contributed by atoms with Gasteiger partial charge in [-0.15, -0.1) is 11.8 Å². The Morgan fingerprint density at radius 2 is 1.80 bits per heavy atom. The molecule has 232 valence electrons. The monoisotopic (exact) mass is 641 g/mol. The second kappa shape index (κ2) is 12.1. The highest BCUT2D eigenvalue weighted by Crippen LogP contribution is 2.45. The van der Waals surface area contributed by atoms with E-state index in [-0.39, 0.29) is 5.41 Å². The van der Waals surface area contributed by atoms with Gasteiger partial charge in [0.25, 0.3) is 5.01 Å². The molecule has 3 nitrogen and oxygen atoms in total. The molecule has 1 aromatic heterocycles. The number of benzene rings is 3. The minimum atomic E-state index is 0.232. The highest BCUT2D eigenvalue weighted by molar-refractivity contribution is 7.98. The largest absolute Gasteiger partial charge is 0.438 e. The lowest BCUT2D eigenvalue weighted by atomic mass is 9.75. The lowest BCUT2D eigenvalue weighted by Crippen LogP contribution is -2.38. The number of thioether (sulfide) groups is 1. The van der Waals surface area contributed by atoms with Crippen molar-refractivity contribution >= 4 is 45.1 Å². The maximum absolute atomic E-state index is 6.43. The van der Waals surface area contributed by atoms with Crippen LogP contribution in [0.3, 0.4) is 0 Å². The van der Waals surface area contributed by atoms with Gasteiger partial charge in [0, 0.05) is 35.1 Å². The van der Waals surface area contributed by atoms with Crippen molar-refractivity contribution in [3.63, 3.8) is 0 Å². The molecule has 0 bridgehead atoms. The van der Waals surface area contributed by atoms with Gasteiger partial charge in [-0.1, -0.05) is 92.0 Å². The van der Waals surface area contributed by atoms with Crippen LogP contribution >= 0.6 is 23.1 Å². The predicted octanol–water partition coefficient (Wildman–Crippen LogP) is 10.7. The molecular weight excluding hydrogens is 601 g/mol. The molecule has 0 amide bonds. The average Bonchev–Trinajstić information content (AvgIpc) is 3.61. The Labute approximate surface area is 281 Å². The molecule has 0 unspecified atom stereocenters. The van der Waals surface area contributed by atoms with Crippen molar-refractivity contribution in [3.8, 4) is 16.9 Å². The molecule has 4 aromatic rings. The molecule has 4 heterocycles. The second-order valence-corrected chi connectivity index (χ2v) is 15.7. The Morgan fingerprint density at radius 1 is 0.935 bits per heavy atom. The summed E-state index contributed by atoms with van der Waals surface area (Å²) in [4.78, 5) is 3.75. The van der Waals surface area contributed by atoms with Crippen LogP contribution in [0.1, 0.15) is 56.5 Å². The van der Waals surface area contributed by atoms with Gasteiger partial charge in [-0.05, 0) is 90.3 Å². The van der Waals surface area contributed by atoms with Gasteiger partial charge in [-0.3, -0.25) is 0 Å². The molecule has 0 atom stereocenters. The van der Waals surface area contributed by atoms with Crippen LogP contribution in [-0.4, -0.2) is 12.8 Å². The van der Waals surface area contributed by atoms with Gasteiger partial charge in [0.05, 0.1) is 5.69 Å². The lowest BCUT2D eigenvalue weighted by molar-refractivity contribution is -0.671. The van der Waals surface area contributed by atoms with Gasteiger partial charge >= 0.3 is 0 Å². The van der Waals surface area contributed by atoms with Crippen LogP contribution in [0.25, 0.3) is 27.4 Å². The Balaban J connectivity index is 1.04. The maximum atomic E-state index is 6.43. The summed E-state index contributed by atoms with van der Waals surface area (Å²) < 4.78 is 10.4. The lowest BCUT2D eigenvalue weighted by Gasteiger charge is -2.30. The third kappa shape index (κ3) is 5.69. The van der Waals surface area contributed by atoms with Gasteiger partial charge in [-0.25, -0.2) is 0 Å². The zero-order valence-electron chi connectivity index (χ0n) is 27.0. The van der Waals surface area contributed by atoms with E-state index in [0.29, 0.717) is 0 Å². The van der Waals surface area contributed by atoms with E-state index in [4.69, 9.17) is 4.74 Å². The summed E-state index contributed by atoms with van der Waals surface area (Å²) in [6, 6.07) is 22.0. The molecule has 4 aliphatic rings. The van der Waals surface area contributed by atoms with Crippen molar-refractivity contribution in [2.75, 3.05) is 17.7 Å². The Bertz CT molecular complexity index is 1990. The average molecular weight is 642 g/mol. The summed E-state index contributed by atoms with van der Waals surface area (Å²) in [5.74, 6) is 1.95. The Kier molecular flexibility index (Phi) is 7.78. The van der Waals surface area contributed by atoms with Crippen LogP contribution in [0, 0.1) is 5.41 Å². The Hall–Kier alpha value is -3.80. The minimum absolute atomic E-state index is 0.232. The van der Waals surface area contributed by atoms with Gasteiger partial charge in [0.2, 0.25) is 11.4 Å². The van der Waals surface area contributed by atoms with E-state index in [1.54, 1.807) is 0 Å². The molecule has 0 fully saturated rings. The fourth-order valence-electron chi connectivity index (χ4n) is 7.63. The van der Waals surface area contributed by atoms with Crippen molar-refractivity contribution < 1.29 is 9.30 Å². The molecule has 0 saturated heterocycles. The molecule has 8 rings (SSSR count). The first-order chi connectivity index (χ1) is 22.4. The molecule has 0 radical (unpaired) electrons. The number of hydrogen-bond donors (Lipinski definition) is 0. The normalized spacial score (nSPS) is 19.7. The molecular formula is C41H41N2OS2+. The first-order valence-corrected chi connectivity index (χ1v) is 18.7. The topological polar surface area (TPSA) is 16.4 Å². The SMILES string of the molecule is CSc1cc2c3c(c1)sc(/C=C1C=C(/C=C/C=C/C4=C5Oc6ccc(-c7ccccc7)cc6N5CCC4)CC(C)(C)C/1)[n+]3CCC2. The van der Waals surface area contributed by atoms with Gasteiger partial charge < -0.3 is 9.64 Å². The number of aromatic nitrogens is 1. The van der Waals surface area contributed by atoms with E-state index in [1.165, 1.54) is 72.1 Å². The zero-order valence-corrected chi connectivity index (χ0v) is 28.6. The number of thiazole rings is 1. The van der Waals surface area contributed by atoms with E-state index in [9.17, 15) is 0 Å². The Morgan fingerprint density at radius 3 is 2.67 bits per heavy atom. The van der Waals surface area contributed by atoms with Gasteiger partial charge in [-0.2, -0.15) is 4.57 Å². The number of hydrogen-bond acceptors (Lipinski definition) is 4. The van der Waals surface area contributed by atoms with Crippen molar-refractivity contribution in [1.29, 1.82) is 0 Å². The number of aryl methyl sites for hydroxylation is 2. The van der Waals surface area contributed by atoms with Gasteiger partial charge in [0.15, 0.2) is 12.3 Å².